The van der Waals surface area contributed by atoms with Crippen LogP contribution in [0.5, 0.6) is 5.75 Å². The molecule has 0 radical (unpaired) electrons. The van der Waals surface area contributed by atoms with Crippen molar-refractivity contribution < 1.29 is 4.74 Å². The molecule has 4 heteroatoms. The Morgan fingerprint density at radius 3 is 2.81 bits per heavy atom. The molecule has 0 saturated heterocycles. The average molecular weight is 217 g/mol. The van der Waals surface area contributed by atoms with Gasteiger partial charge in [-0.2, -0.15) is 0 Å². The molecule has 0 aliphatic rings. The fraction of sp³-hybridized carbons (Fsp3) is 0.250. The van der Waals surface area contributed by atoms with E-state index in [1.807, 2.05) is 24.4 Å². The van der Waals surface area contributed by atoms with E-state index < -0.39 is 0 Å². The van der Waals surface area contributed by atoms with Gasteiger partial charge >= 0.3 is 0 Å². The number of nitriles is 1. The minimum absolute atomic E-state index is 0.671. The van der Waals surface area contributed by atoms with Crippen LogP contribution < -0.4 is 10.5 Å². The number of nitrogens with zero attached hydrogens (tertiary/aromatic N) is 1. The predicted octanol–water partition coefficient (Wildman–Crippen LogP) is 1.82. The maximum atomic E-state index is 6.50. The van der Waals surface area contributed by atoms with Crippen molar-refractivity contribution in [1.29, 1.82) is 5.26 Å². The summed E-state index contributed by atoms with van der Waals surface area (Å²) in [4.78, 5) is 3.21. The highest BCUT2D eigenvalue weighted by Crippen LogP contribution is 2.23. The molecule has 0 bridgehead atoms. The van der Waals surface area contributed by atoms with Gasteiger partial charge in [-0.05, 0) is 36.7 Å². The zero-order valence-corrected chi connectivity index (χ0v) is 9.23. The second-order valence-corrected chi connectivity index (χ2v) is 3.26. The highest BCUT2D eigenvalue weighted by atomic mass is 16.5. The zero-order chi connectivity index (χ0) is 12.0. The van der Waals surface area contributed by atoms with E-state index >= 15 is 0 Å². The molecule has 2 rings (SSSR count). The van der Waals surface area contributed by atoms with E-state index in [0.717, 1.165) is 17.7 Å². The van der Waals surface area contributed by atoms with E-state index in [4.69, 9.17) is 15.7 Å². The lowest BCUT2D eigenvalue weighted by Gasteiger charge is -2.00. The number of hydrogen-bond acceptors (Lipinski definition) is 3. The van der Waals surface area contributed by atoms with Gasteiger partial charge in [0.25, 0.3) is 0 Å². The molecular weight excluding hydrogens is 202 g/mol. The van der Waals surface area contributed by atoms with Crippen LogP contribution in [0.15, 0.2) is 24.4 Å². The summed E-state index contributed by atoms with van der Waals surface area (Å²) in [5, 5.41) is 7.70. The number of aromatic nitrogens is 1. The third-order valence-electron chi connectivity index (χ3n) is 2.39. The quantitative estimate of drug-likeness (QED) is 0.823. The Balaban J connectivity index is 0.000000606. The molecular formula is C12H15N3O. The summed E-state index contributed by atoms with van der Waals surface area (Å²) < 4.78 is 5.18. The molecule has 16 heavy (non-hydrogen) atoms. The molecule has 0 unspecified atom stereocenters. The van der Waals surface area contributed by atoms with Gasteiger partial charge in [0, 0.05) is 23.7 Å². The van der Waals surface area contributed by atoms with E-state index in [1.54, 1.807) is 7.11 Å². The second kappa shape index (κ2) is 5.79. The SMILES string of the molecule is C#N.COc1ccc2[nH]cc(CCN)c2c1. The van der Waals surface area contributed by atoms with Crippen LogP contribution in [0.4, 0.5) is 0 Å². The molecule has 0 spiro atoms. The average Bonchev–Trinajstić information content (AvgIpc) is 2.75. The van der Waals surface area contributed by atoms with Crippen LogP contribution in [-0.2, 0) is 6.42 Å². The van der Waals surface area contributed by atoms with Gasteiger partial charge in [0.1, 0.15) is 5.75 Å². The van der Waals surface area contributed by atoms with Crippen molar-refractivity contribution in [2.45, 2.75) is 6.42 Å². The predicted molar refractivity (Wildman–Crippen MR) is 64.3 cm³/mol. The van der Waals surface area contributed by atoms with Crippen molar-refractivity contribution in [1.82, 2.24) is 4.98 Å². The van der Waals surface area contributed by atoms with Crippen molar-refractivity contribution in [2.24, 2.45) is 5.73 Å². The van der Waals surface area contributed by atoms with Gasteiger partial charge in [0.05, 0.1) is 7.11 Å². The van der Waals surface area contributed by atoms with Crippen LogP contribution in [-0.4, -0.2) is 18.6 Å². The maximum absolute atomic E-state index is 6.50. The molecule has 0 saturated carbocycles. The smallest absolute Gasteiger partial charge is 0.119 e. The van der Waals surface area contributed by atoms with Crippen LogP contribution in [0.2, 0.25) is 0 Å². The lowest BCUT2D eigenvalue weighted by atomic mass is 10.1. The Kier molecular flexibility index (Phi) is 4.37. The van der Waals surface area contributed by atoms with Gasteiger partial charge in [-0.15, -0.1) is 0 Å². The summed E-state index contributed by atoms with van der Waals surface area (Å²) in [5.74, 6) is 0.885. The number of aromatic amines is 1. The topological polar surface area (TPSA) is 74.8 Å². The molecule has 0 amide bonds. The summed E-state index contributed by atoms with van der Waals surface area (Å²) >= 11 is 0. The largest absolute Gasteiger partial charge is 0.497 e. The number of rotatable bonds is 3. The first-order chi connectivity index (χ1) is 7.85. The van der Waals surface area contributed by atoms with Gasteiger partial charge in [-0.25, -0.2) is 5.26 Å². The highest BCUT2D eigenvalue weighted by Gasteiger charge is 2.03. The first-order valence-corrected chi connectivity index (χ1v) is 4.95. The Bertz CT molecular complexity index is 473. The maximum Gasteiger partial charge on any atom is 0.119 e. The minimum Gasteiger partial charge on any atom is -0.497 e. The van der Waals surface area contributed by atoms with E-state index in [1.165, 1.54) is 10.9 Å². The van der Waals surface area contributed by atoms with Gasteiger partial charge in [0.2, 0.25) is 0 Å². The molecule has 1 aromatic carbocycles. The second-order valence-electron chi connectivity index (χ2n) is 3.26. The zero-order valence-electron chi connectivity index (χ0n) is 9.23. The normalized spacial score (nSPS) is 9.50. The minimum atomic E-state index is 0.671. The first kappa shape index (κ1) is 12.1. The number of nitrogens with two attached hydrogens (primary N) is 1. The third-order valence-corrected chi connectivity index (χ3v) is 2.39. The molecule has 0 atom stereocenters. The van der Waals surface area contributed by atoms with Crippen LogP contribution in [0.3, 0.4) is 0 Å². The molecule has 0 aliphatic heterocycles. The van der Waals surface area contributed by atoms with Crippen molar-refractivity contribution in [3.8, 4) is 12.3 Å². The van der Waals surface area contributed by atoms with Crippen LogP contribution >= 0.6 is 0 Å². The number of ether oxygens (including phenoxy) is 1. The highest BCUT2D eigenvalue weighted by molar-refractivity contribution is 5.84. The van der Waals surface area contributed by atoms with Crippen LogP contribution in [0.25, 0.3) is 10.9 Å². The van der Waals surface area contributed by atoms with Gasteiger partial charge in [-0.1, -0.05) is 0 Å². The Morgan fingerprint density at radius 1 is 1.44 bits per heavy atom. The molecule has 1 heterocycles. The summed E-state index contributed by atoms with van der Waals surface area (Å²) in [5.41, 5.74) is 7.92. The van der Waals surface area contributed by atoms with E-state index in [-0.39, 0.29) is 0 Å². The first-order valence-electron chi connectivity index (χ1n) is 4.95. The lowest BCUT2D eigenvalue weighted by Crippen LogP contribution is -2.01. The van der Waals surface area contributed by atoms with Crippen molar-refractivity contribution in [3.05, 3.63) is 30.0 Å². The van der Waals surface area contributed by atoms with Crippen molar-refractivity contribution in [3.63, 3.8) is 0 Å². The number of fused-ring (bicyclic) bond motifs is 1. The number of hydrogen-bond donors (Lipinski definition) is 2. The monoisotopic (exact) mass is 217 g/mol. The van der Waals surface area contributed by atoms with Crippen molar-refractivity contribution in [2.75, 3.05) is 13.7 Å². The van der Waals surface area contributed by atoms with Gasteiger partial charge < -0.3 is 15.5 Å². The fourth-order valence-corrected chi connectivity index (χ4v) is 1.65. The standard InChI is InChI=1S/C11H14N2O.CHN/c1-14-9-2-3-11-10(6-9)8(4-5-12)7-13-11;1-2/h2-3,6-7,13H,4-5,12H2,1H3;1H. The van der Waals surface area contributed by atoms with Crippen LogP contribution in [0.1, 0.15) is 5.56 Å². The summed E-state index contributed by atoms with van der Waals surface area (Å²) in [7, 11) is 1.68. The van der Waals surface area contributed by atoms with E-state index in [2.05, 4.69) is 11.6 Å². The molecule has 0 aliphatic carbocycles. The van der Waals surface area contributed by atoms with E-state index in [0.29, 0.717) is 6.54 Å². The van der Waals surface area contributed by atoms with Crippen LogP contribution in [0, 0.1) is 11.8 Å². The molecule has 3 N–H and O–H groups in total. The van der Waals surface area contributed by atoms with E-state index in [9.17, 15) is 0 Å². The number of nitrogens with one attached hydrogen (secondary N) is 1. The third kappa shape index (κ3) is 2.33. The molecule has 2 aromatic rings. The van der Waals surface area contributed by atoms with Gasteiger partial charge in [0.15, 0.2) is 0 Å². The Hall–Kier alpha value is -1.99. The van der Waals surface area contributed by atoms with Gasteiger partial charge in [-0.3, -0.25) is 0 Å². The molecule has 1 aromatic heterocycles. The molecule has 0 fully saturated rings. The summed E-state index contributed by atoms with van der Waals surface area (Å²) in [6.07, 6.45) is 2.91. The van der Waals surface area contributed by atoms with Crippen molar-refractivity contribution >= 4 is 10.9 Å². The lowest BCUT2D eigenvalue weighted by molar-refractivity contribution is 0.415. The molecule has 84 valence electrons. The number of H-pyrrole nitrogens is 1. The fourth-order valence-electron chi connectivity index (χ4n) is 1.65. The summed E-state index contributed by atoms with van der Waals surface area (Å²) in [6.45, 7) is 4.17. The Labute approximate surface area is 94.6 Å². The number of benzene rings is 1. The molecule has 4 nitrogen and oxygen atoms in total. The number of methoxy groups -OCH3 is 1. The summed E-state index contributed by atoms with van der Waals surface area (Å²) in [6, 6.07) is 6.01. The Morgan fingerprint density at radius 2 is 2.19 bits per heavy atom.